The molecule has 1 aromatic heterocycles. The predicted molar refractivity (Wildman–Crippen MR) is 88.1 cm³/mol. The van der Waals surface area contributed by atoms with Gasteiger partial charge in [-0.25, -0.2) is 0 Å². The van der Waals surface area contributed by atoms with E-state index >= 15 is 0 Å². The molecule has 3 fully saturated rings. The van der Waals surface area contributed by atoms with Crippen LogP contribution in [0.4, 0.5) is 0 Å². The van der Waals surface area contributed by atoms with Crippen LogP contribution in [0.2, 0.25) is 0 Å². The third-order valence-electron chi connectivity index (χ3n) is 5.00. The maximum atomic E-state index is 12.4. The zero-order valence-corrected chi connectivity index (χ0v) is 14.2. The molecule has 0 aromatic carbocycles. The van der Waals surface area contributed by atoms with Crippen LogP contribution in [0.3, 0.4) is 0 Å². The van der Waals surface area contributed by atoms with Gasteiger partial charge in [0.25, 0.3) is 0 Å². The molecule has 0 aliphatic carbocycles. The Morgan fingerprint density at radius 3 is 2.81 bits per heavy atom. The van der Waals surface area contributed by atoms with E-state index in [2.05, 4.69) is 32.2 Å². The van der Waals surface area contributed by atoms with Gasteiger partial charge in [0, 0.05) is 11.4 Å². The van der Waals surface area contributed by atoms with Crippen molar-refractivity contribution >= 4 is 38.9 Å². The zero-order chi connectivity index (χ0) is 14.4. The fraction of sp³-hybridized carbons (Fsp3) is 0.600. The highest BCUT2D eigenvalue weighted by Gasteiger charge is 2.48. The molecule has 0 radical (unpaired) electrons. The third-order valence-corrected chi connectivity index (χ3v) is 6.67. The fourth-order valence-corrected chi connectivity index (χ4v) is 5.32. The van der Waals surface area contributed by atoms with Gasteiger partial charge >= 0.3 is 0 Å². The summed E-state index contributed by atoms with van der Waals surface area (Å²) in [5, 5.41) is 3.33. The standard InChI is InChI=1S/C15H18BrN3OS/c16-13-2-1-12(21-13)11-7-14(20)18-15(8-17-11)9-19-5-3-10(15)4-6-19/h1-2,10H,3-9H2,(H,18,20). The molecule has 4 nitrogen and oxygen atoms in total. The molecule has 1 atom stereocenters. The highest BCUT2D eigenvalue weighted by atomic mass is 79.9. The van der Waals surface area contributed by atoms with Crippen LogP contribution in [-0.2, 0) is 4.79 Å². The van der Waals surface area contributed by atoms with Crippen molar-refractivity contribution in [3.63, 3.8) is 0 Å². The second kappa shape index (κ2) is 5.18. The van der Waals surface area contributed by atoms with Crippen molar-refractivity contribution in [1.29, 1.82) is 0 Å². The van der Waals surface area contributed by atoms with Crippen LogP contribution in [0.15, 0.2) is 20.9 Å². The lowest BCUT2D eigenvalue weighted by Crippen LogP contribution is -2.68. The molecule has 3 saturated heterocycles. The van der Waals surface area contributed by atoms with Gasteiger partial charge in [0.2, 0.25) is 5.91 Å². The van der Waals surface area contributed by atoms with Gasteiger partial charge < -0.3 is 10.2 Å². The highest BCUT2D eigenvalue weighted by molar-refractivity contribution is 9.11. The third kappa shape index (κ3) is 2.47. The van der Waals surface area contributed by atoms with Crippen molar-refractivity contribution in [1.82, 2.24) is 10.2 Å². The number of halogens is 1. The van der Waals surface area contributed by atoms with Crippen molar-refractivity contribution in [2.24, 2.45) is 10.9 Å². The molecule has 0 saturated carbocycles. The number of carbonyl (C=O) groups is 1. The van der Waals surface area contributed by atoms with Gasteiger partial charge in [-0.15, -0.1) is 11.3 Å². The van der Waals surface area contributed by atoms with Crippen LogP contribution in [0, 0.1) is 5.92 Å². The van der Waals surface area contributed by atoms with Gasteiger partial charge in [0.1, 0.15) is 0 Å². The Morgan fingerprint density at radius 1 is 1.38 bits per heavy atom. The van der Waals surface area contributed by atoms with Crippen molar-refractivity contribution in [2.45, 2.75) is 24.8 Å². The van der Waals surface area contributed by atoms with Crippen molar-refractivity contribution in [3.8, 4) is 0 Å². The molecule has 2 bridgehead atoms. The Morgan fingerprint density at radius 2 is 2.19 bits per heavy atom. The van der Waals surface area contributed by atoms with E-state index in [0.717, 1.165) is 27.5 Å². The minimum Gasteiger partial charge on any atom is -0.347 e. The van der Waals surface area contributed by atoms with Crippen LogP contribution in [0.25, 0.3) is 0 Å². The van der Waals surface area contributed by atoms with Crippen LogP contribution in [0.1, 0.15) is 24.1 Å². The average Bonchev–Trinajstić information content (AvgIpc) is 2.84. The first kappa shape index (κ1) is 13.9. The molecule has 4 aliphatic heterocycles. The summed E-state index contributed by atoms with van der Waals surface area (Å²) >= 11 is 5.14. The summed E-state index contributed by atoms with van der Waals surface area (Å²) in [6, 6.07) is 4.07. The van der Waals surface area contributed by atoms with Crippen molar-refractivity contribution < 1.29 is 4.79 Å². The Balaban J connectivity index is 1.65. The SMILES string of the molecule is O=C1CC(c2ccc(Br)s2)=NCC2(CN3CCC2CC3)N1. The highest BCUT2D eigenvalue weighted by Crippen LogP contribution is 2.37. The number of fused-ring (bicyclic) bond motifs is 2. The molecule has 21 heavy (non-hydrogen) atoms. The Hall–Kier alpha value is -0.720. The number of piperidine rings is 3. The molecule has 1 N–H and O–H groups in total. The van der Waals surface area contributed by atoms with Crippen LogP contribution in [0.5, 0.6) is 0 Å². The number of nitrogens with one attached hydrogen (secondary N) is 1. The summed E-state index contributed by atoms with van der Waals surface area (Å²) in [7, 11) is 0. The molecular weight excluding hydrogens is 350 g/mol. The second-order valence-electron chi connectivity index (χ2n) is 6.30. The van der Waals surface area contributed by atoms with E-state index in [0.29, 0.717) is 12.3 Å². The molecule has 1 unspecified atom stereocenters. The summed E-state index contributed by atoms with van der Waals surface area (Å²) in [6.07, 6.45) is 2.78. The molecule has 1 aromatic rings. The molecule has 5 rings (SSSR count). The Labute approximate surface area is 136 Å². The molecule has 1 amide bonds. The number of amides is 1. The summed E-state index contributed by atoms with van der Waals surface area (Å²) in [5.41, 5.74) is 0.820. The van der Waals surface area contributed by atoms with Crippen molar-refractivity contribution in [3.05, 3.63) is 20.8 Å². The summed E-state index contributed by atoms with van der Waals surface area (Å²) in [5.74, 6) is 0.717. The maximum absolute atomic E-state index is 12.4. The van der Waals surface area contributed by atoms with Gasteiger partial charge in [0.05, 0.1) is 28.0 Å². The van der Waals surface area contributed by atoms with E-state index in [9.17, 15) is 4.79 Å². The van der Waals surface area contributed by atoms with E-state index in [1.54, 1.807) is 11.3 Å². The molecule has 112 valence electrons. The molecule has 5 heterocycles. The minimum atomic E-state index is -0.121. The number of hydrogen-bond donors (Lipinski definition) is 1. The first-order valence-electron chi connectivity index (χ1n) is 7.47. The van der Waals surface area contributed by atoms with E-state index in [1.165, 1.54) is 25.9 Å². The van der Waals surface area contributed by atoms with Gasteiger partial charge in [-0.3, -0.25) is 9.79 Å². The number of carbonyl (C=O) groups excluding carboxylic acids is 1. The normalized spacial score (nSPS) is 35.5. The van der Waals surface area contributed by atoms with Crippen LogP contribution >= 0.6 is 27.3 Å². The Bertz CT molecular complexity index is 606. The molecular formula is C15H18BrN3OS. The fourth-order valence-electron chi connectivity index (χ4n) is 3.93. The van der Waals surface area contributed by atoms with Crippen molar-refractivity contribution in [2.75, 3.05) is 26.2 Å². The largest absolute Gasteiger partial charge is 0.347 e. The van der Waals surface area contributed by atoms with Crippen LogP contribution < -0.4 is 5.32 Å². The summed E-state index contributed by atoms with van der Waals surface area (Å²) in [4.78, 5) is 20.8. The first-order valence-corrected chi connectivity index (χ1v) is 9.08. The van der Waals surface area contributed by atoms with E-state index in [1.807, 2.05) is 6.07 Å². The smallest absolute Gasteiger partial charge is 0.226 e. The topological polar surface area (TPSA) is 44.7 Å². The lowest BCUT2D eigenvalue weighted by atomic mass is 9.72. The summed E-state index contributed by atoms with van der Waals surface area (Å²) in [6.45, 7) is 4.05. The van der Waals surface area contributed by atoms with E-state index in [4.69, 9.17) is 4.99 Å². The van der Waals surface area contributed by atoms with Crippen LogP contribution in [-0.4, -0.2) is 48.2 Å². The van der Waals surface area contributed by atoms with Gasteiger partial charge in [-0.1, -0.05) is 0 Å². The van der Waals surface area contributed by atoms with Gasteiger partial charge in [0.15, 0.2) is 0 Å². The predicted octanol–water partition coefficient (Wildman–Crippen LogP) is 2.28. The maximum Gasteiger partial charge on any atom is 0.226 e. The lowest BCUT2D eigenvalue weighted by Gasteiger charge is -2.52. The minimum absolute atomic E-state index is 0.121. The number of hydrogen-bond acceptors (Lipinski definition) is 4. The van der Waals surface area contributed by atoms with Gasteiger partial charge in [-0.2, -0.15) is 0 Å². The second-order valence-corrected chi connectivity index (χ2v) is 8.76. The number of rotatable bonds is 1. The molecule has 1 spiro atoms. The monoisotopic (exact) mass is 367 g/mol. The van der Waals surface area contributed by atoms with E-state index < -0.39 is 0 Å². The Kier molecular flexibility index (Phi) is 3.43. The quantitative estimate of drug-likeness (QED) is 0.827. The number of thiophene rings is 1. The number of nitrogens with zero attached hydrogens (tertiary/aromatic N) is 2. The molecule has 4 aliphatic rings. The zero-order valence-electron chi connectivity index (χ0n) is 11.8. The van der Waals surface area contributed by atoms with Gasteiger partial charge in [-0.05, 0) is 59.9 Å². The molecule has 6 heteroatoms. The first-order chi connectivity index (χ1) is 10.1. The summed E-state index contributed by atoms with van der Waals surface area (Å²) < 4.78 is 1.09. The lowest BCUT2D eigenvalue weighted by molar-refractivity contribution is -0.124. The average molecular weight is 368 g/mol. The number of aliphatic imine (C=N–C) groups is 1. The van der Waals surface area contributed by atoms with E-state index in [-0.39, 0.29) is 11.4 Å².